The number of carbonyl (C=O) groups excluding carboxylic acids is 1. The molecule has 112 valence electrons. The molecule has 0 aliphatic rings. The molecular weight excluding hydrogens is 359 g/mol. The molecule has 2 rings (SSSR count). The summed E-state index contributed by atoms with van der Waals surface area (Å²) in [5, 5.41) is 4.87. The Hall–Kier alpha value is -1.20. The van der Waals surface area contributed by atoms with Crippen LogP contribution in [0.5, 0.6) is 0 Å². The Labute approximate surface area is 136 Å². The predicted octanol–water partition coefficient (Wildman–Crippen LogP) is 4.45. The molecule has 1 aromatic carbocycles. The first-order valence-corrected chi connectivity index (χ1v) is 7.87. The fraction of sp³-hybridized carbons (Fsp3) is 0.333. The first kappa shape index (κ1) is 16.2. The molecule has 0 fully saturated rings. The van der Waals surface area contributed by atoms with Crippen LogP contribution in [-0.4, -0.2) is 15.6 Å². The van der Waals surface area contributed by atoms with E-state index in [0.717, 1.165) is 5.69 Å². The van der Waals surface area contributed by atoms with E-state index in [0.29, 0.717) is 28.2 Å². The topological polar surface area (TPSA) is 34.9 Å². The highest BCUT2D eigenvalue weighted by molar-refractivity contribution is 9.10. The number of halogens is 3. The lowest BCUT2D eigenvalue weighted by Crippen LogP contribution is -2.11. The maximum absolute atomic E-state index is 13.8. The zero-order valence-electron chi connectivity index (χ0n) is 11.8. The number of ketones is 1. The van der Waals surface area contributed by atoms with Crippen molar-refractivity contribution in [3.05, 3.63) is 50.5 Å². The van der Waals surface area contributed by atoms with Crippen LogP contribution < -0.4 is 0 Å². The predicted molar refractivity (Wildman–Crippen MR) is 84.4 cm³/mol. The van der Waals surface area contributed by atoms with Crippen molar-refractivity contribution in [2.24, 2.45) is 0 Å². The quantitative estimate of drug-likeness (QED) is 0.726. The van der Waals surface area contributed by atoms with Crippen molar-refractivity contribution in [3.63, 3.8) is 0 Å². The van der Waals surface area contributed by atoms with Crippen LogP contribution in [0.15, 0.2) is 22.7 Å². The fourth-order valence-electron chi connectivity index (χ4n) is 2.14. The van der Waals surface area contributed by atoms with Gasteiger partial charge in [0.05, 0.1) is 28.4 Å². The monoisotopic (exact) mass is 372 g/mol. The number of aryl methyl sites for hydroxylation is 2. The van der Waals surface area contributed by atoms with E-state index in [1.54, 1.807) is 10.7 Å². The van der Waals surface area contributed by atoms with Gasteiger partial charge in [0.1, 0.15) is 5.82 Å². The molecule has 0 saturated heterocycles. The van der Waals surface area contributed by atoms with Crippen LogP contribution in [0.25, 0.3) is 0 Å². The molecule has 0 aliphatic carbocycles. The molecule has 0 unspecified atom stereocenters. The number of hydrogen-bond donors (Lipinski definition) is 0. The lowest BCUT2D eigenvalue weighted by Gasteiger charge is -2.06. The Bertz CT molecular complexity index is 685. The molecule has 1 aromatic heterocycles. The molecule has 0 bridgehead atoms. The van der Waals surface area contributed by atoms with Crippen molar-refractivity contribution in [3.8, 4) is 0 Å². The van der Waals surface area contributed by atoms with Crippen LogP contribution >= 0.6 is 27.5 Å². The first-order chi connectivity index (χ1) is 9.97. The third-order valence-electron chi connectivity index (χ3n) is 3.25. The Balaban J connectivity index is 2.35. The summed E-state index contributed by atoms with van der Waals surface area (Å²) < 4.78 is 16.1. The van der Waals surface area contributed by atoms with E-state index in [4.69, 9.17) is 11.6 Å². The lowest BCUT2D eigenvalue weighted by atomic mass is 10.1. The average Bonchev–Trinajstić information content (AvgIpc) is 2.77. The van der Waals surface area contributed by atoms with Crippen LogP contribution in [-0.2, 0) is 19.4 Å². The lowest BCUT2D eigenvalue weighted by molar-refractivity contribution is 0.0986. The van der Waals surface area contributed by atoms with Gasteiger partial charge in [0, 0.05) is 11.0 Å². The van der Waals surface area contributed by atoms with Crippen LogP contribution in [0, 0.1) is 5.82 Å². The van der Waals surface area contributed by atoms with Crippen LogP contribution in [0.1, 0.15) is 35.6 Å². The highest BCUT2D eigenvalue weighted by Gasteiger charge is 2.20. The van der Waals surface area contributed by atoms with Gasteiger partial charge in [0.25, 0.3) is 0 Å². The third kappa shape index (κ3) is 3.35. The third-order valence-corrected chi connectivity index (χ3v) is 4.18. The summed E-state index contributed by atoms with van der Waals surface area (Å²) in [7, 11) is 0. The summed E-state index contributed by atoms with van der Waals surface area (Å²) in [6.45, 7) is 4.49. The largest absolute Gasteiger partial charge is 0.294 e. The second-order valence-electron chi connectivity index (χ2n) is 4.60. The van der Waals surface area contributed by atoms with Crippen molar-refractivity contribution in [1.82, 2.24) is 9.78 Å². The van der Waals surface area contributed by atoms with Gasteiger partial charge in [0.15, 0.2) is 5.78 Å². The van der Waals surface area contributed by atoms with Gasteiger partial charge in [-0.2, -0.15) is 5.10 Å². The molecule has 6 heteroatoms. The van der Waals surface area contributed by atoms with Crippen molar-refractivity contribution in [1.29, 1.82) is 0 Å². The van der Waals surface area contributed by atoms with Gasteiger partial charge in [0.2, 0.25) is 0 Å². The number of nitrogens with zero attached hydrogens (tertiary/aromatic N) is 2. The second-order valence-corrected chi connectivity index (χ2v) is 5.89. The van der Waals surface area contributed by atoms with E-state index < -0.39 is 5.82 Å². The SMILES string of the molecule is CCc1nn(CC)c(CC(=O)c2cc(Br)ccc2F)c1Cl. The summed E-state index contributed by atoms with van der Waals surface area (Å²) in [4.78, 5) is 12.3. The van der Waals surface area contributed by atoms with Crippen molar-refractivity contribution in [2.45, 2.75) is 33.2 Å². The summed E-state index contributed by atoms with van der Waals surface area (Å²) in [5.74, 6) is -0.842. The minimum atomic E-state index is -0.530. The Morgan fingerprint density at radius 3 is 2.76 bits per heavy atom. The van der Waals surface area contributed by atoms with E-state index in [1.807, 2.05) is 13.8 Å². The molecule has 0 N–H and O–H groups in total. The molecule has 0 radical (unpaired) electrons. The maximum Gasteiger partial charge on any atom is 0.171 e. The summed E-state index contributed by atoms with van der Waals surface area (Å²) in [5.41, 5.74) is 1.46. The standard InChI is InChI=1S/C15H15BrClFN2O/c1-3-12-15(17)13(20(4-2)19-12)8-14(21)10-7-9(16)5-6-11(10)18/h5-7H,3-4,8H2,1-2H3. The van der Waals surface area contributed by atoms with Crippen molar-refractivity contribution < 1.29 is 9.18 Å². The van der Waals surface area contributed by atoms with Gasteiger partial charge < -0.3 is 0 Å². The zero-order valence-corrected chi connectivity index (χ0v) is 14.1. The molecule has 3 nitrogen and oxygen atoms in total. The first-order valence-electron chi connectivity index (χ1n) is 6.70. The minimum absolute atomic E-state index is 0.0348. The number of rotatable bonds is 5. The molecule has 0 amide bonds. The number of Topliss-reactive ketones (excluding diaryl/α,β-unsaturated/α-hetero) is 1. The van der Waals surface area contributed by atoms with Crippen molar-refractivity contribution in [2.75, 3.05) is 0 Å². The average molecular weight is 374 g/mol. The molecule has 0 atom stereocenters. The summed E-state index contributed by atoms with van der Waals surface area (Å²) in [6.07, 6.45) is 0.727. The number of aromatic nitrogens is 2. The smallest absolute Gasteiger partial charge is 0.171 e. The fourth-order valence-corrected chi connectivity index (χ4v) is 2.84. The molecule has 0 aliphatic heterocycles. The van der Waals surface area contributed by atoms with Gasteiger partial charge in [-0.05, 0) is 31.5 Å². The highest BCUT2D eigenvalue weighted by atomic mass is 79.9. The van der Waals surface area contributed by atoms with Gasteiger partial charge in [-0.15, -0.1) is 0 Å². The van der Waals surface area contributed by atoms with E-state index in [1.165, 1.54) is 12.1 Å². The van der Waals surface area contributed by atoms with Crippen molar-refractivity contribution >= 4 is 33.3 Å². The van der Waals surface area contributed by atoms with Gasteiger partial charge in [-0.3, -0.25) is 9.48 Å². The van der Waals surface area contributed by atoms with Crippen LogP contribution in [0.2, 0.25) is 5.02 Å². The minimum Gasteiger partial charge on any atom is -0.294 e. The molecular formula is C15H15BrClFN2O. The number of hydrogen-bond acceptors (Lipinski definition) is 2. The van der Waals surface area contributed by atoms with Crippen LogP contribution in [0.3, 0.4) is 0 Å². The van der Waals surface area contributed by atoms with Gasteiger partial charge >= 0.3 is 0 Å². The molecule has 1 heterocycles. The summed E-state index contributed by atoms with van der Waals surface area (Å²) >= 11 is 9.52. The van der Waals surface area contributed by atoms with E-state index >= 15 is 0 Å². The van der Waals surface area contributed by atoms with E-state index in [-0.39, 0.29) is 17.8 Å². The van der Waals surface area contributed by atoms with E-state index in [9.17, 15) is 9.18 Å². The zero-order chi connectivity index (χ0) is 15.6. The van der Waals surface area contributed by atoms with Gasteiger partial charge in [-0.25, -0.2) is 4.39 Å². The number of benzene rings is 1. The van der Waals surface area contributed by atoms with E-state index in [2.05, 4.69) is 21.0 Å². The Morgan fingerprint density at radius 2 is 2.14 bits per heavy atom. The molecule has 21 heavy (non-hydrogen) atoms. The Kier molecular flexibility index (Phi) is 5.17. The molecule has 0 spiro atoms. The Morgan fingerprint density at radius 1 is 1.43 bits per heavy atom. The summed E-state index contributed by atoms with van der Waals surface area (Å²) in [6, 6.07) is 4.32. The van der Waals surface area contributed by atoms with Crippen LogP contribution in [0.4, 0.5) is 4.39 Å². The van der Waals surface area contributed by atoms with Gasteiger partial charge in [-0.1, -0.05) is 34.5 Å². The number of carbonyl (C=O) groups is 1. The maximum atomic E-state index is 13.8. The molecule has 0 saturated carbocycles. The highest BCUT2D eigenvalue weighted by Crippen LogP contribution is 2.24. The normalized spacial score (nSPS) is 10.9. The molecule has 2 aromatic rings. The second kappa shape index (κ2) is 6.71.